The molecule has 0 saturated heterocycles. The third-order valence-corrected chi connectivity index (χ3v) is 2.12. The van der Waals surface area contributed by atoms with Crippen LogP contribution in [0, 0.1) is 0 Å². The van der Waals surface area contributed by atoms with E-state index in [2.05, 4.69) is 0 Å². The van der Waals surface area contributed by atoms with Gasteiger partial charge in [0.15, 0.2) is 0 Å². The fraction of sp³-hybridized carbons (Fsp3) is 0.125. The third kappa shape index (κ3) is 3.30. The molecule has 5 heteroatoms. The molecule has 0 heterocycles. The van der Waals surface area contributed by atoms with Gasteiger partial charge >= 0.3 is 84.2 Å². The number of ether oxygens (including phenoxy) is 1. The zero-order chi connectivity index (χ0) is 8.97. The standard InChI is InChI=1S/C8H8O3.Re.Sn/c1-11-8-4-7(10)3-2-6(8)5-9;;/h2-5,10H,1H3;;/q;;+1/p-1. The zero-order valence-corrected chi connectivity index (χ0v) is 12.5. The van der Waals surface area contributed by atoms with E-state index in [1.165, 1.54) is 7.11 Å². The molecule has 0 N–H and O–H groups in total. The summed E-state index contributed by atoms with van der Waals surface area (Å²) in [5.41, 5.74) is 0.536. The van der Waals surface area contributed by atoms with Gasteiger partial charge in [0.05, 0.1) is 0 Å². The van der Waals surface area contributed by atoms with Gasteiger partial charge in [-0.2, -0.15) is 0 Å². The number of hydrogen-bond donors (Lipinski definition) is 0. The molecule has 0 aromatic heterocycles. The second-order valence-corrected chi connectivity index (χ2v) is 2.71. The van der Waals surface area contributed by atoms with E-state index in [1.807, 2.05) is 0 Å². The molecule has 0 fully saturated rings. The first kappa shape index (κ1) is 13.0. The molecule has 0 aliphatic rings. The van der Waals surface area contributed by atoms with Crippen LogP contribution in [0.4, 0.5) is 0 Å². The van der Waals surface area contributed by atoms with Gasteiger partial charge in [0.1, 0.15) is 0 Å². The van der Waals surface area contributed by atoms with Crippen LogP contribution in [0.25, 0.3) is 0 Å². The first-order chi connectivity index (χ1) is 5.81. The van der Waals surface area contributed by atoms with E-state index in [0.717, 1.165) is 35.0 Å². The number of carbonyl (C=O) groups is 1. The average Bonchev–Trinajstić information content (AvgIpc) is 2.16. The molecule has 0 aliphatic heterocycles. The van der Waals surface area contributed by atoms with Crippen molar-refractivity contribution in [2.75, 3.05) is 7.11 Å². The van der Waals surface area contributed by atoms with Crippen molar-refractivity contribution in [3.05, 3.63) is 23.8 Å². The number of methoxy groups -OCH3 is 1. The number of aldehydes is 1. The van der Waals surface area contributed by atoms with Crippen molar-refractivity contribution < 1.29 is 33.0 Å². The maximum atomic E-state index is 10.5. The van der Waals surface area contributed by atoms with Crippen LogP contribution in [-0.4, -0.2) is 36.3 Å². The number of hydrogen-bond acceptors (Lipinski definition) is 3. The van der Waals surface area contributed by atoms with Crippen LogP contribution in [0.5, 0.6) is 11.5 Å². The van der Waals surface area contributed by atoms with Gasteiger partial charge < -0.3 is 0 Å². The van der Waals surface area contributed by atoms with Gasteiger partial charge in [-0.15, -0.1) is 0 Å². The minimum absolute atomic E-state index is 0. The van der Waals surface area contributed by atoms with Crippen LogP contribution in [-0.2, 0) is 20.4 Å². The normalized spacial score (nSPS) is 8.46. The van der Waals surface area contributed by atoms with E-state index in [9.17, 15) is 4.79 Å². The Bertz CT molecular complexity index is 291. The monoisotopic (exact) mass is 458 g/mol. The van der Waals surface area contributed by atoms with Crippen molar-refractivity contribution >= 4 is 29.2 Å². The van der Waals surface area contributed by atoms with Crippen LogP contribution in [0.15, 0.2) is 18.2 Å². The summed E-state index contributed by atoms with van der Waals surface area (Å²) in [6.07, 6.45) is 0.756. The minimum atomic E-state index is 0. The Hall–Kier alpha value is -0.0490. The summed E-state index contributed by atoms with van der Waals surface area (Å²) in [5.74, 6) is 1.26. The summed E-state index contributed by atoms with van der Waals surface area (Å²) >= 11 is 0.961. The summed E-state index contributed by atoms with van der Waals surface area (Å²) in [6, 6.07) is 5.10. The smallest absolute Gasteiger partial charge is 0 e. The van der Waals surface area contributed by atoms with Crippen LogP contribution >= 0.6 is 0 Å². The Kier molecular flexibility index (Phi) is 6.39. The van der Waals surface area contributed by atoms with Gasteiger partial charge in [0.25, 0.3) is 0 Å². The van der Waals surface area contributed by atoms with Gasteiger partial charge in [-0.3, -0.25) is 0 Å². The fourth-order valence-electron chi connectivity index (χ4n) is 0.852. The molecule has 0 atom stereocenters. The van der Waals surface area contributed by atoms with Crippen LogP contribution in [0.1, 0.15) is 10.4 Å². The molecule has 1 aromatic carbocycles. The van der Waals surface area contributed by atoms with Gasteiger partial charge in [-0.05, 0) is 0 Å². The topological polar surface area (TPSA) is 35.5 Å². The van der Waals surface area contributed by atoms with Crippen molar-refractivity contribution in [2.45, 2.75) is 0 Å². The third-order valence-electron chi connectivity index (χ3n) is 1.45. The van der Waals surface area contributed by atoms with Crippen molar-refractivity contribution in [2.24, 2.45) is 0 Å². The van der Waals surface area contributed by atoms with Crippen molar-refractivity contribution in [3.8, 4) is 11.5 Å². The maximum Gasteiger partial charge on any atom is 0 e. The summed E-state index contributed by atoms with van der Waals surface area (Å²) in [5, 5.41) is 0. The molecule has 0 bridgehead atoms. The minimum Gasteiger partial charge on any atom is 0 e. The van der Waals surface area contributed by atoms with Gasteiger partial charge in [0, 0.05) is 20.4 Å². The van der Waals surface area contributed by atoms with E-state index in [-0.39, 0.29) is 20.4 Å². The summed E-state index contributed by atoms with van der Waals surface area (Å²) in [7, 11) is 1.52. The summed E-state index contributed by atoms with van der Waals surface area (Å²) in [4.78, 5) is 10.5. The van der Waals surface area contributed by atoms with Crippen molar-refractivity contribution in [1.29, 1.82) is 0 Å². The van der Waals surface area contributed by atoms with E-state index in [4.69, 9.17) is 7.81 Å². The van der Waals surface area contributed by atoms with E-state index in [0.29, 0.717) is 11.3 Å². The molecule has 13 heavy (non-hydrogen) atoms. The summed E-state index contributed by atoms with van der Waals surface area (Å²) < 4.78 is 10.0. The Morgan fingerprint density at radius 1 is 1.46 bits per heavy atom. The molecular formula is C8H7O3ReSn. The predicted molar refractivity (Wildman–Crippen MR) is 44.8 cm³/mol. The Labute approximate surface area is 104 Å². The molecule has 1 aromatic rings. The first-order valence-corrected chi connectivity index (χ1v) is 4.45. The van der Waals surface area contributed by atoms with E-state index in [1.54, 1.807) is 18.2 Å². The number of carbonyl (C=O) groups excluding carboxylic acids is 1. The Morgan fingerprint density at radius 3 is 2.62 bits per heavy atom. The van der Waals surface area contributed by atoms with Crippen molar-refractivity contribution in [3.63, 3.8) is 0 Å². The second-order valence-electron chi connectivity index (χ2n) is 2.12. The maximum absolute atomic E-state index is 10.5. The average molecular weight is 456 g/mol. The fourth-order valence-corrected chi connectivity index (χ4v) is 1.21. The van der Waals surface area contributed by atoms with Crippen molar-refractivity contribution in [1.82, 2.24) is 0 Å². The molecule has 0 unspecified atom stereocenters. The molecule has 3 nitrogen and oxygen atoms in total. The molecular weight excluding hydrogens is 449 g/mol. The molecule has 4 radical (unpaired) electrons. The van der Waals surface area contributed by atoms with Crippen LogP contribution < -0.4 is 7.81 Å². The molecule has 0 amide bonds. The molecule has 68 valence electrons. The summed E-state index contributed by atoms with van der Waals surface area (Å²) in [6.45, 7) is 0. The van der Waals surface area contributed by atoms with E-state index < -0.39 is 0 Å². The predicted octanol–water partition coefficient (Wildman–Crippen LogP) is 0.967. The SMILES string of the molecule is COc1cc([O][Sn])ccc1C=O.[Re]. The number of benzene rings is 1. The Balaban J connectivity index is 0.00000144. The van der Waals surface area contributed by atoms with E-state index >= 15 is 0 Å². The van der Waals surface area contributed by atoms with Gasteiger partial charge in [-0.1, -0.05) is 0 Å². The quantitative estimate of drug-likeness (QED) is 0.503. The van der Waals surface area contributed by atoms with Crippen LogP contribution in [0.2, 0.25) is 0 Å². The molecule has 0 aliphatic carbocycles. The first-order valence-electron chi connectivity index (χ1n) is 3.28. The van der Waals surface area contributed by atoms with Gasteiger partial charge in [-0.25, -0.2) is 0 Å². The molecule has 0 spiro atoms. The second kappa shape index (κ2) is 6.41. The van der Waals surface area contributed by atoms with Crippen LogP contribution in [0.3, 0.4) is 0 Å². The van der Waals surface area contributed by atoms with Gasteiger partial charge in [0.2, 0.25) is 0 Å². The number of rotatable bonds is 3. The largest absolute Gasteiger partial charge is 0 e. The zero-order valence-electron chi connectivity index (χ0n) is 6.91. The molecule has 0 saturated carbocycles. The Morgan fingerprint density at radius 2 is 2.15 bits per heavy atom. The molecule has 1 rings (SSSR count).